The quantitative estimate of drug-likeness (QED) is 0.419. The highest BCUT2D eigenvalue weighted by Gasteiger charge is 2.33. The van der Waals surface area contributed by atoms with Gasteiger partial charge in [0, 0.05) is 30.7 Å². The molecule has 3 aromatic rings. The lowest BCUT2D eigenvalue weighted by Crippen LogP contribution is -2.31. The smallest absolute Gasteiger partial charge is 0.281 e. The molecule has 0 aromatic heterocycles. The molecule has 1 aliphatic rings. The molecule has 0 saturated carbocycles. The zero-order valence-electron chi connectivity index (χ0n) is 18.4. The Morgan fingerprint density at radius 3 is 2.58 bits per heavy atom. The molecule has 1 unspecified atom stereocenters. The molecule has 7 heteroatoms. The molecule has 0 fully saturated rings. The van der Waals surface area contributed by atoms with Crippen LogP contribution < -0.4 is 9.64 Å². The molecule has 1 aliphatic heterocycles. The summed E-state index contributed by atoms with van der Waals surface area (Å²) in [7, 11) is 3.98. The van der Waals surface area contributed by atoms with Crippen molar-refractivity contribution in [1.29, 1.82) is 0 Å². The number of halogens is 1. The van der Waals surface area contributed by atoms with Crippen molar-refractivity contribution in [2.75, 3.05) is 25.6 Å². The maximum atomic E-state index is 13.2. The number of amides is 1. The molecule has 1 heterocycles. The van der Waals surface area contributed by atoms with Crippen LogP contribution in [0.15, 0.2) is 82.4 Å². The van der Waals surface area contributed by atoms with Crippen molar-refractivity contribution < 1.29 is 14.3 Å². The number of aldehydes is 1. The highest BCUT2D eigenvalue weighted by atomic mass is 79.9. The molecule has 0 radical (unpaired) electrons. The summed E-state index contributed by atoms with van der Waals surface area (Å²) in [5.74, 6) is 0.102. The Bertz CT molecular complexity index is 1190. The normalized spacial score (nSPS) is 15.2. The molecule has 3 aromatic carbocycles. The van der Waals surface area contributed by atoms with E-state index in [0.717, 1.165) is 27.0 Å². The van der Waals surface area contributed by atoms with Crippen LogP contribution in [0.5, 0.6) is 5.75 Å². The van der Waals surface area contributed by atoms with Crippen molar-refractivity contribution >= 4 is 39.5 Å². The number of carbonyl (C=O) groups is 2. The monoisotopic (exact) mass is 505 g/mol. The van der Waals surface area contributed by atoms with Crippen molar-refractivity contribution in [3.63, 3.8) is 0 Å². The average Bonchev–Trinajstić information content (AvgIpc) is 3.28. The predicted octanol–water partition coefficient (Wildman–Crippen LogP) is 5.08. The Morgan fingerprint density at radius 1 is 1.12 bits per heavy atom. The zero-order valence-corrected chi connectivity index (χ0v) is 20.0. The fourth-order valence-corrected chi connectivity index (χ4v) is 4.15. The summed E-state index contributed by atoms with van der Waals surface area (Å²) in [4.78, 5) is 26.5. The molecule has 0 N–H and O–H groups in total. The lowest BCUT2D eigenvalue weighted by atomic mass is 9.98. The van der Waals surface area contributed by atoms with E-state index in [9.17, 15) is 9.59 Å². The van der Waals surface area contributed by atoms with Gasteiger partial charge in [-0.3, -0.25) is 9.59 Å². The molecule has 4 rings (SSSR count). The van der Waals surface area contributed by atoms with E-state index in [4.69, 9.17) is 4.74 Å². The summed E-state index contributed by atoms with van der Waals surface area (Å²) in [6.45, 7) is -0.216. The fraction of sp³-hybridized carbons (Fsp3) is 0.192. The molecule has 0 spiro atoms. The van der Waals surface area contributed by atoms with Gasteiger partial charge in [0.2, 0.25) is 0 Å². The third kappa shape index (κ3) is 5.14. The summed E-state index contributed by atoms with van der Waals surface area (Å²) in [6.07, 6.45) is 1.31. The molecular formula is C26H24BrN3O3. The van der Waals surface area contributed by atoms with E-state index in [1.807, 2.05) is 67.5 Å². The number of carbonyl (C=O) groups excluding carboxylic acids is 2. The van der Waals surface area contributed by atoms with Gasteiger partial charge in [0.15, 0.2) is 12.9 Å². The van der Waals surface area contributed by atoms with Crippen LogP contribution >= 0.6 is 15.9 Å². The first-order valence-corrected chi connectivity index (χ1v) is 11.4. The summed E-state index contributed by atoms with van der Waals surface area (Å²) in [5, 5.41) is 6.19. The van der Waals surface area contributed by atoms with Crippen molar-refractivity contribution in [2.24, 2.45) is 5.10 Å². The van der Waals surface area contributed by atoms with Crippen LogP contribution in [-0.2, 0) is 4.79 Å². The Hall–Kier alpha value is -3.45. The molecular weight excluding hydrogens is 482 g/mol. The number of ether oxygens (including phenoxy) is 1. The van der Waals surface area contributed by atoms with E-state index < -0.39 is 0 Å². The Kier molecular flexibility index (Phi) is 6.89. The number of hydrogen-bond acceptors (Lipinski definition) is 5. The zero-order chi connectivity index (χ0) is 23.4. The topological polar surface area (TPSA) is 62.2 Å². The molecule has 168 valence electrons. The summed E-state index contributed by atoms with van der Waals surface area (Å²) in [5.41, 5.74) is 4.27. The molecule has 33 heavy (non-hydrogen) atoms. The summed E-state index contributed by atoms with van der Waals surface area (Å²) >= 11 is 3.51. The van der Waals surface area contributed by atoms with Crippen molar-refractivity contribution in [3.05, 3.63) is 94.0 Å². The Balaban J connectivity index is 1.60. The number of rotatable bonds is 7. The Morgan fingerprint density at radius 2 is 1.88 bits per heavy atom. The predicted molar refractivity (Wildman–Crippen MR) is 133 cm³/mol. The molecule has 1 amide bonds. The van der Waals surface area contributed by atoms with E-state index in [-0.39, 0.29) is 18.6 Å². The van der Waals surface area contributed by atoms with E-state index in [1.54, 1.807) is 24.3 Å². The third-order valence-electron chi connectivity index (χ3n) is 5.52. The van der Waals surface area contributed by atoms with Crippen molar-refractivity contribution in [3.8, 4) is 5.75 Å². The third-order valence-corrected chi connectivity index (χ3v) is 6.01. The van der Waals surface area contributed by atoms with Crippen LogP contribution in [0.2, 0.25) is 0 Å². The minimum absolute atomic E-state index is 0.216. The van der Waals surface area contributed by atoms with Gasteiger partial charge in [-0.25, -0.2) is 5.01 Å². The standard InChI is InChI=1S/C26H24BrN3O3/c1-29(2)22-12-10-18(11-13-22)24-15-23(19-7-5-8-21(27)14-19)28-30(24)26(32)17-33-25-9-4-3-6-20(25)16-31/h3-14,16,24H,15,17H2,1-2H3. The van der Waals surface area contributed by atoms with Crippen LogP contribution in [0, 0.1) is 0 Å². The minimum Gasteiger partial charge on any atom is -0.483 e. The molecule has 0 saturated heterocycles. The first-order valence-electron chi connectivity index (χ1n) is 10.6. The first-order chi connectivity index (χ1) is 16.0. The van der Waals surface area contributed by atoms with Crippen LogP contribution in [0.25, 0.3) is 0 Å². The van der Waals surface area contributed by atoms with E-state index in [1.165, 1.54) is 5.01 Å². The van der Waals surface area contributed by atoms with Gasteiger partial charge in [-0.05, 0) is 47.5 Å². The van der Waals surface area contributed by atoms with Gasteiger partial charge < -0.3 is 9.64 Å². The first kappa shape index (κ1) is 22.7. The largest absolute Gasteiger partial charge is 0.483 e. The van der Waals surface area contributed by atoms with E-state index >= 15 is 0 Å². The SMILES string of the molecule is CN(C)c1ccc(C2CC(c3cccc(Br)c3)=NN2C(=O)COc2ccccc2C=O)cc1. The number of hydrazone groups is 1. The number of hydrogen-bond donors (Lipinski definition) is 0. The van der Waals surface area contributed by atoms with Crippen LogP contribution in [0.3, 0.4) is 0 Å². The lowest BCUT2D eigenvalue weighted by Gasteiger charge is -2.23. The number of benzene rings is 3. The second-order valence-corrected chi connectivity index (χ2v) is 8.86. The second kappa shape index (κ2) is 10.0. The van der Waals surface area contributed by atoms with Gasteiger partial charge in [0.25, 0.3) is 5.91 Å². The van der Waals surface area contributed by atoms with Crippen molar-refractivity contribution in [2.45, 2.75) is 12.5 Å². The number of nitrogens with zero attached hydrogens (tertiary/aromatic N) is 3. The molecule has 6 nitrogen and oxygen atoms in total. The highest BCUT2D eigenvalue weighted by Crippen LogP contribution is 2.34. The average molecular weight is 506 g/mol. The molecule has 0 bridgehead atoms. The maximum absolute atomic E-state index is 13.2. The maximum Gasteiger partial charge on any atom is 0.281 e. The van der Waals surface area contributed by atoms with Crippen LogP contribution in [-0.4, -0.2) is 43.6 Å². The van der Waals surface area contributed by atoms with Gasteiger partial charge in [-0.2, -0.15) is 5.10 Å². The van der Waals surface area contributed by atoms with Gasteiger partial charge in [0.1, 0.15) is 5.75 Å². The fourth-order valence-electron chi connectivity index (χ4n) is 3.75. The molecule has 0 aliphatic carbocycles. The molecule has 1 atom stereocenters. The van der Waals surface area contributed by atoms with E-state index in [0.29, 0.717) is 24.0 Å². The van der Waals surface area contributed by atoms with Crippen LogP contribution in [0.4, 0.5) is 5.69 Å². The van der Waals surface area contributed by atoms with Gasteiger partial charge in [-0.15, -0.1) is 0 Å². The van der Waals surface area contributed by atoms with Gasteiger partial charge in [0.05, 0.1) is 17.3 Å². The Labute approximate surface area is 201 Å². The van der Waals surface area contributed by atoms with Crippen LogP contribution in [0.1, 0.15) is 33.9 Å². The van der Waals surface area contributed by atoms with Gasteiger partial charge in [-0.1, -0.05) is 52.3 Å². The highest BCUT2D eigenvalue weighted by molar-refractivity contribution is 9.10. The van der Waals surface area contributed by atoms with Gasteiger partial charge >= 0.3 is 0 Å². The minimum atomic E-state index is -0.276. The summed E-state index contributed by atoms with van der Waals surface area (Å²) in [6, 6.07) is 22.6. The lowest BCUT2D eigenvalue weighted by molar-refractivity contribution is -0.135. The number of para-hydroxylation sites is 1. The van der Waals surface area contributed by atoms with Crippen molar-refractivity contribution in [1.82, 2.24) is 5.01 Å². The summed E-state index contributed by atoms with van der Waals surface area (Å²) < 4.78 is 6.64. The second-order valence-electron chi connectivity index (χ2n) is 7.95. The van der Waals surface area contributed by atoms with E-state index in [2.05, 4.69) is 21.0 Å². The number of anilines is 1.